The molecule has 4 aromatic rings. The van der Waals surface area contributed by atoms with Gasteiger partial charge in [-0.1, -0.05) is 72.3 Å². The van der Waals surface area contributed by atoms with Gasteiger partial charge in [0.05, 0.1) is 27.5 Å². The Morgan fingerprint density at radius 3 is 2.56 bits per heavy atom. The fraction of sp³-hybridized carbons (Fsp3) is 0.103. The maximum absolute atomic E-state index is 13.7. The number of hydrogen-bond donors (Lipinski definition) is 0. The zero-order valence-electron chi connectivity index (χ0n) is 19.7. The molecule has 174 valence electrons. The summed E-state index contributed by atoms with van der Waals surface area (Å²) in [5, 5.41) is 11.4. The van der Waals surface area contributed by atoms with Gasteiger partial charge in [-0.05, 0) is 65.1 Å². The molecule has 7 heteroatoms. The monoisotopic (exact) mass is 523 g/mol. The zero-order valence-corrected chi connectivity index (χ0v) is 23.3. The maximum atomic E-state index is 13.7. The van der Waals surface area contributed by atoms with Crippen molar-refractivity contribution in [2.75, 3.05) is 0 Å². The van der Waals surface area contributed by atoms with E-state index in [9.17, 15) is 14.3 Å². The molecule has 0 fully saturated rings. The zero-order chi connectivity index (χ0) is 24.5. The van der Waals surface area contributed by atoms with Crippen molar-refractivity contribution in [3.05, 3.63) is 111 Å². The molecule has 0 spiro atoms. The predicted octanol–water partition coefficient (Wildman–Crippen LogP) is 3.65. The molecule has 1 aliphatic carbocycles. The fourth-order valence-corrected chi connectivity index (χ4v) is 5.53. The summed E-state index contributed by atoms with van der Waals surface area (Å²) in [7, 11) is 0. The Morgan fingerprint density at radius 2 is 1.78 bits per heavy atom. The molecule has 3 nitrogen and oxygen atoms in total. The van der Waals surface area contributed by atoms with Crippen molar-refractivity contribution in [3.8, 4) is 0 Å². The molecule has 2 unspecified atom stereocenters. The quantitative estimate of drug-likeness (QED) is 0.375. The van der Waals surface area contributed by atoms with Gasteiger partial charge in [0.1, 0.15) is 5.82 Å². The topological polar surface area (TPSA) is 53.0 Å². The number of pyridine rings is 1. The molecule has 0 bridgehead atoms. The summed E-state index contributed by atoms with van der Waals surface area (Å²) in [6, 6.07) is 20.7. The van der Waals surface area contributed by atoms with Gasteiger partial charge in [0.15, 0.2) is 0 Å². The van der Waals surface area contributed by atoms with Crippen molar-refractivity contribution < 1.29 is 43.8 Å². The molecule has 36 heavy (non-hydrogen) atoms. The van der Waals surface area contributed by atoms with Gasteiger partial charge in [0.2, 0.25) is 0 Å². The Morgan fingerprint density at radius 1 is 1.03 bits per heavy atom. The number of fused-ring (bicyclic) bond motifs is 3. The standard InChI is InChI=1S/C29H21ClFNO2S.Na/c1-17(29(33)34)35-28-23-5-3-2-4-19(23)9-10-20-8-6-18(14-24(20)28)7-12-22-13-11-21-15-26(31)25(30)16-27(21)32-22;/h2-17,28H,1H3,(H,33,34);/q;+1/p-1. The summed E-state index contributed by atoms with van der Waals surface area (Å²) in [6.45, 7) is 1.66. The van der Waals surface area contributed by atoms with Crippen LogP contribution in [0.5, 0.6) is 0 Å². The maximum Gasteiger partial charge on any atom is 1.00 e. The van der Waals surface area contributed by atoms with Gasteiger partial charge in [-0.25, -0.2) is 9.37 Å². The average molecular weight is 524 g/mol. The second kappa shape index (κ2) is 11.3. The van der Waals surface area contributed by atoms with E-state index in [1.807, 2.05) is 60.7 Å². The summed E-state index contributed by atoms with van der Waals surface area (Å²) in [5.74, 6) is -1.55. The molecule has 1 heterocycles. The summed E-state index contributed by atoms with van der Waals surface area (Å²) in [6.07, 6.45) is 8.00. The van der Waals surface area contributed by atoms with Crippen molar-refractivity contribution >= 4 is 64.5 Å². The molecule has 0 aliphatic heterocycles. The first-order valence-corrected chi connectivity index (χ1v) is 12.4. The number of aliphatic carboxylic acids is 1. The molecule has 2 atom stereocenters. The Hall–Kier alpha value is -2.41. The van der Waals surface area contributed by atoms with Crippen LogP contribution in [0.25, 0.3) is 35.2 Å². The van der Waals surface area contributed by atoms with Crippen molar-refractivity contribution in [1.82, 2.24) is 4.98 Å². The van der Waals surface area contributed by atoms with Crippen molar-refractivity contribution in [3.63, 3.8) is 0 Å². The third-order valence-electron chi connectivity index (χ3n) is 5.99. The molecule has 1 aromatic heterocycles. The van der Waals surface area contributed by atoms with Crippen LogP contribution in [0.15, 0.2) is 66.7 Å². The van der Waals surface area contributed by atoms with Crippen LogP contribution in [0.2, 0.25) is 5.02 Å². The molecule has 0 N–H and O–H groups in total. The Labute approximate surface area is 240 Å². The molecular weight excluding hydrogens is 504 g/mol. The Bertz CT molecular complexity index is 1520. The van der Waals surface area contributed by atoms with Crippen LogP contribution in [-0.4, -0.2) is 16.2 Å². The number of carboxylic acids is 1. The summed E-state index contributed by atoms with van der Waals surface area (Å²) >= 11 is 7.29. The first kappa shape index (κ1) is 26.6. The molecule has 1 aliphatic rings. The van der Waals surface area contributed by atoms with Gasteiger partial charge in [0.25, 0.3) is 0 Å². The smallest absolute Gasteiger partial charge is 0.549 e. The van der Waals surface area contributed by atoms with E-state index in [1.165, 1.54) is 23.9 Å². The van der Waals surface area contributed by atoms with Gasteiger partial charge < -0.3 is 9.90 Å². The second-order valence-electron chi connectivity index (χ2n) is 8.36. The number of nitrogens with zero attached hydrogens (tertiary/aromatic N) is 1. The number of carbonyl (C=O) groups is 1. The van der Waals surface area contributed by atoms with E-state index in [1.54, 1.807) is 6.92 Å². The van der Waals surface area contributed by atoms with Crippen LogP contribution in [0, 0.1) is 5.82 Å². The molecule has 0 saturated carbocycles. The number of benzene rings is 3. The van der Waals surface area contributed by atoms with Crippen LogP contribution in [0.3, 0.4) is 0 Å². The minimum atomic E-state index is -1.08. The third kappa shape index (κ3) is 5.61. The number of carboxylic acid groups (broad SMARTS) is 1. The summed E-state index contributed by atoms with van der Waals surface area (Å²) in [5.41, 5.74) is 6.53. The van der Waals surface area contributed by atoms with Gasteiger partial charge in [-0.15, -0.1) is 11.8 Å². The van der Waals surface area contributed by atoms with Crippen molar-refractivity contribution in [2.24, 2.45) is 0 Å². The van der Waals surface area contributed by atoms with Crippen LogP contribution in [0.4, 0.5) is 4.39 Å². The van der Waals surface area contributed by atoms with Crippen molar-refractivity contribution in [1.29, 1.82) is 0 Å². The molecule has 0 amide bonds. The van der Waals surface area contributed by atoms with Crippen LogP contribution >= 0.6 is 23.4 Å². The number of carbonyl (C=O) groups excluding carboxylic acids is 1. The van der Waals surface area contributed by atoms with E-state index in [4.69, 9.17) is 11.6 Å². The number of halogens is 2. The SMILES string of the molecule is CC(SC1c2ccccc2C=Cc2ccc(C=Cc3ccc4cc(F)c(Cl)cc4n3)cc21)C(=O)[O-].[Na+]. The van der Waals surface area contributed by atoms with E-state index in [0.717, 1.165) is 33.5 Å². The summed E-state index contributed by atoms with van der Waals surface area (Å²) in [4.78, 5) is 16.1. The van der Waals surface area contributed by atoms with E-state index >= 15 is 0 Å². The number of hydrogen-bond acceptors (Lipinski definition) is 4. The Balaban J connectivity index is 0.00000304. The van der Waals surface area contributed by atoms with Gasteiger partial charge >= 0.3 is 29.6 Å². The van der Waals surface area contributed by atoms with E-state index in [0.29, 0.717) is 10.9 Å². The minimum Gasteiger partial charge on any atom is -0.549 e. The van der Waals surface area contributed by atoms with Crippen LogP contribution in [0.1, 0.15) is 45.7 Å². The Kier molecular flexibility index (Phi) is 8.38. The first-order chi connectivity index (χ1) is 16.9. The average Bonchev–Trinajstić information content (AvgIpc) is 3.00. The second-order valence-corrected chi connectivity index (χ2v) is 10.2. The molecule has 3 aromatic carbocycles. The molecule has 5 rings (SSSR count). The van der Waals surface area contributed by atoms with Gasteiger partial charge in [-0.2, -0.15) is 0 Å². The molecule has 0 radical (unpaired) electrons. The normalized spacial score (nSPS) is 15.1. The van der Waals surface area contributed by atoms with Crippen molar-refractivity contribution in [2.45, 2.75) is 17.4 Å². The van der Waals surface area contributed by atoms with Gasteiger partial charge in [0, 0.05) is 10.6 Å². The first-order valence-electron chi connectivity index (χ1n) is 11.1. The number of thioether (sulfide) groups is 1. The largest absolute Gasteiger partial charge is 1.00 e. The molecular formula is C29H20ClFNNaO2S. The van der Waals surface area contributed by atoms with E-state index in [-0.39, 0.29) is 39.8 Å². The summed E-state index contributed by atoms with van der Waals surface area (Å²) < 4.78 is 13.7. The van der Waals surface area contributed by atoms with E-state index in [2.05, 4.69) is 23.2 Å². The van der Waals surface area contributed by atoms with Gasteiger partial charge in [-0.3, -0.25) is 0 Å². The van der Waals surface area contributed by atoms with Crippen LogP contribution in [-0.2, 0) is 4.79 Å². The predicted molar refractivity (Wildman–Crippen MR) is 141 cm³/mol. The molecule has 0 saturated heterocycles. The van der Waals surface area contributed by atoms with Crippen LogP contribution < -0.4 is 34.7 Å². The van der Waals surface area contributed by atoms with E-state index < -0.39 is 17.0 Å². The minimum absolute atomic E-state index is 0. The third-order valence-corrected chi connectivity index (χ3v) is 7.66. The fourth-order valence-electron chi connectivity index (χ4n) is 4.14. The number of aromatic nitrogens is 1. The number of rotatable bonds is 5.